The molecule has 4 nitrogen and oxygen atoms in total. The number of anilines is 1. The third kappa shape index (κ3) is 3.56. The standard InChI is InChI=1S/C14H13F2NO3S/c1-9(18)10-3-2-4-12(7-10)21(19,20)17-14-6-5-11(15)8-13(14)16/h2-9,17-18H,1H3. The highest BCUT2D eigenvalue weighted by Gasteiger charge is 2.17. The van der Waals surface area contributed by atoms with Crippen LogP contribution in [0, 0.1) is 11.6 Å². The fourth-order valence-electron chi connectivity index (χ4n) is 1.72. The van der Waals surface area contributed by atoms with Crippen molar-refractivity contribution in [2.75, 3.05) is 4.72 Å². The Balaban J connectivity index is 2.36. The molecule has 0 bridgehead atoms. The van der Waals surface area contributed by atoms with Crippen LogP contribution in [0.5, 0.6) is 0 Å². The van der Waals surface area contributed by atoms with Crippen molar-refractivity contribution >= 4 is 15.7 Å². The van der Waals surface area contributed by atoms with Crippen molar-refractivity contribution in [3.05, 3.63) is 59.7 Å². The summed E-state index contributed by atoms with van der Waals surface area (Å²) >= 11 is 0. The first kappa shape index (κ1) is 15.4. The minimum atomic E-state index is -4.03. The summed E-state index contributed by atoms with van der Waals surface area (Å²) in [4.78, 5) is -0.121. The van der Waals surface area contributed by atoms with E-state index in [2.05, 4.69) is 0 Å². The highest BCUT2D eigenvalue weighted by atomic mass is 32.2. The molecule has 1 atom stereocenters. The summed E-state index contributed by atoms with van der Waals surface area (Å²) in [5.41, 5.74) is 0.0660. The van der Waals surface area contributed by atoms with Crippen LogP contribution in [0.1, 0.15) is 18.6 Å². The van der Waals surface area contributed by atoms with Crippen LogP contribution in [0.2, 0.25) is 0 Å². The molecule has 0 fully saturated rings. The quantitative estimate of drug-likeness (QED) is 0.912. The lowest BCUT2D eigenvalue weighted by atomic mass is 10.1. The summed E-state index contributed by atoms with van der Waals surface area (Å²) in [5.74, 6) is -1.81. The summed E-state index contributed by atoms with van der Waals surface area (Å²) in [6.07, 6.45) is -0.831. The second-order valence-corrected chi connectivity index (χ2v) is 6.16. The zero-order chi connectivity index (χ0) is 15.6. The Morgan fingerprint density at radius 2 is 1.86 bits per heavy atom. The Kier molecular flexibility index (Phi) is 4.24. The normalized spacial score (nSPS) is 13.0. The van der Waals surface area contributed by atoms with Gasteiger partial charge >= 0.3 is 0 Å². The van der Waals surface area contributed by atoms with Gasteiger partial charge in [0.1, 0.15) is 11.6 Å². The number of hydrogen-bond donors (Lipinski definition) is 2. The van der Waals surface area contributed by atoms with Gasteiger partial charge in [-0.05, 0) is 36.8 Å². The third-order valence-corrected chi connectivity index (χ3v) is 4.19. The molecule has 0 aliphatic carbocycles. The average Bonchev–Trinajstić information content (AvgIpc) is 2.42. The molecular formula is C14H13F2NO3S. The first-order valence-corrected chi connectivity index (χ1v) is 7.54. The summed E-state index contributed by atoms with van der Waals surface area (Å²) in [7, 11) is -4.03. The van der Waals surface area contributed by atoms with Gasteiger partial charge in [-0.25, -0.2) is 17.2 Å². The average molecular weight is 313 g/mol. The number of aliphatic hydroxyl groups is 1. The maximum atomic E-state index is 13.5. The number of nitrogens with one attached hydrogen (secondary N) is 1. The van der Waals surface area contributed by atoms with Gasteiger partial charge in [-0.3, -0.25) is 4.72 Å². The van der Waals surface area contributed by atoms with Crippen molar-refractivity contribution in [2.45, 2.75) is 17.9 Å². The molecular weight excluding hydrogens is 300 g/mol. The first-order valence-electron chi connectivity index (χ1n) is 6.05. The molecule has 21 heavy (non-hydrogen) atoms. The molecule has 0 aliphatic heterocycles. The zero-order valence-electron chi connectivity index (χ0n) is 11.0. The molecule has 0 spiro atoms. The van der Waals surface area contributed by atoms with Crippen molar-refractivity contribution in [1.29, 1.82) is 0 Å². The van der Waals surface area contributed by atoms with Gasteiger partial charge in [-0.15, -0.1) is 0 Å². The van der Waals surface area contributed by atoms with E-state index in [1.54, 1.807) is 6.07 Å². The lowest BCUT2D eigenvalue weighted by molar-refractivity contribution is 0.199. The second kappa shape index (κ2) is 5.79. The van der Waals surface area contributed by atoms with Crippen LogP contribution in [0.3, 0.4) is 0 Å². The summed E-state index contributed by atoms with van der Waals surface area (Å²) < 4.78 is 52.7. The fraction of sp³-hybridized carbons (Fsp3) is 0.143. The maximum Gasteiger partial charge on any atom is 0.261 e. The van der Waals surface area contributed by atoms with Crippen LogP contribution in [-0.2, 0) is 10.0 Å². The second-order valence-electron chi connectivity index (χ2n) is 4.48. The van der Waals surface area contributed by atoms with E-state index in [1.165, 1.54) is 25.1 Å². The van der Waals surface area contributed by atoms with Crippen LogP contribution in [-0.4, -0.2) is 13.5 Å². The summed E-state index contributed by atoms with van der Waals surface area (Å²) in [5, 5.41) is 9.46. The lowest BCUT2D eigenvalue weighted by Gasteiger charge is -2.11. The Morgan fingerprint density at radius 1 is 1.14 bits per heavy atom. The molecule has 0 saturated heterocycles. The van der Waals surface area contributed by atoms with Crippen molar-refractivity contribution in [2.24, 2.45) is 0 Å². The van der Waals surface area contributed by atoms with Crippen LogP contribution in [0.15, 0.2) is 47.4 Å². The van der Waals surface area contributed by atoms with E-state index >= 15 is 0 Å². The number of sulfonamides is 1. The molecule has 0 aliphatic rings. The van der Waals surface area contributed by atoms with Gasteiger partial charge in [0.2, 0.25) is 0 Å². The van der Waals surface area contributed by atoms with E-state index in [-0.39, 0.29) is 10.6 Å². The number of benzene rings is 2. The van der Waals surface area contributed by atoms with Crippen LogP contribution >= 0.6 is 0 Å². The van der Waals surface area contributed by atoms with Crippen molar-refractivity contribution in [3.63, 3.8) is 0 Å². The van der Waals surface area contributed by atoms with Gasteiger partial charge in [-0.2, -0.15) is 0 Å². The van der Waals surface area contributed by atoms with Gasteiger partial charge in [-0.1, -0.05) is 12.1 Å². The fourth-order valence-corrected chi connectivity index (χ4v) is 2.84. The monoisotopic (exact) mass is 313 g/mol. The molecule has 2 rings (SSSR count). The van der Waals surface area contributed by atoms with Crippen molar-refractivity contribution in [1.82, 2.24) is 0 Å². The molecule has 0 saturated carbocycles. The van der Waals surface area contributed by atoms with Gasteiger partial charge in [0.25, 0.3) is 10.0 Å². The van der Waals surface area contributed by atoms with E-state index in [1.807, 2.05) is 4.72 Å². The predicted molar refractivity (Wildman–Crippen MR) is 74.2 cm³/mol. The molecule has 2 aromatic rings. The molecule has 0 heterocycles. The maximum absolute atomic E-state index is 13.5. The Morgan fingerprint density at radius 3 is 2.48 bits per heavy atom. The SMILES string of the molecule is CC(O)c1cccc(S(=O)(=O)Nc2ccc(F)cc2F)c1. The molecule has 0 radical (unpaired) electrons. The first-order chi connectivity index (χ1) is 9.79. The number of hydrogen-bond acceptors (Lipinski definition) is 3. The van der Waals surface area contributed by atoms with Crippen LogP contribution < -0.4 is 4.72 Å². The molecule has 112 valence electrons. The largest absolute Gasteiger partial charge is 0.389 e. The molecule has 0 amide bonds. The van der Waals surface area contributed by atoms with Gasteiger partial charge < -0.3 is 5.11 Å². The number of halogens is 2. The van der Waals surface area contributed by atoms with E-state index < -0.39 is 27.8 Å². The van der Waals surface area contributed by atoms with E-state index in [0.29, 0.717) is 11.6 Å². The van der Waals surface area contributed by atoms with E-state index in [0.717, 1.165) is 12.1 Å². The molecule has 0 aromatic heterocycles. The van der Waals surface area contributed by atoms with Gasteiger partial charge in [0.05, 0.1) is 16.7 Å². The summed E-state index contributed by atoms with van der Waals surface area (Å²) in [6.45, 7) is 1.50. The lowest BCUT2D eigenvalue weighted by Crippen LogP contribution is -2.14. The Labute approximate surface area is 121 Å². The third-order valence-electron chi connectivity index (χ3n) is 2.83. The summed E-state index contributed by atoms with van der Waals surface area (Å²) in [6, 6.07) is 8.18. The topological polar surface area (TPSA) is 66.4 Å². The Hall–Kier alpha value is -1.99. The van der Waals surface area contributed by atoms with Crippen molar-refractivity contribution < 1.29 is 22.3 Å². The van der Waals surface area contributed by atoms with Crippen molar-refractivity contribution in [3.8, 4) is 0 Å². The smallest absolute Gasteiger partial charge is 0.261 e. The Bertz CT molecular complexity index is 761. The highest BCUT2D eigenvalue weighted by Crippen LogP contribution is 2.22. The predicted octanol–water partition coefficient (Wildman–Crippen LogP) is 2.82. The van der Waals surface area contributed by atoms with Gasteiger partial charge in [0, 0.05) is 6.07 Å². The van der Waals surface area contributed by atoms with Gasteiger partial charge in [0.15, 0.2) is 0 Å². The molecule has 1 unspecified atom stereocenters. The minimum Gasteiger partial charge on any atom is -0.389 e. The van der Waals surface area contributed by atoms with Crippen LogP contribution in [0.4, 0.5) is 14.5 Å². The minimum absolute atomic E-state index is 0.121. The molecule has 2 N–H and O–H groups in total. The van der Waals surface area contributed by atoms with Crippen LogP contribution in [0.25, 0.3) is 0 Å². The molecule has 2 aromatic carbocycles. The highest BCUT2D eigenvalue weighted by molar-refractivity contribution is 7.92. The number of aliphatic hydroxyl groups excluding tert-OH is 1. The number of rotatable bonds is 4. The van der Waals surface area contributed by atoms with E-state index in [9.17, 15) is 22.3 Å². The van der Waals surface area contributed by atoms with E-state index in [4.69, 9.17) is 0 Å². The molecule has 7 heteroatoms. The zero-order valence-corrected chi connectivity index (χ0v) is 11.9.